The van der Waals surface area contributed by atoms with Gasteiger partial charge >= 0.3 is 12.1 Å². The Balaban J connectivity index is 2.66. The summed E-state index contributed by atoms with van der Waals surface area (Å²) in [7, 11) is -0.822. The van der Waals surface area contributed by atoms with Crippen LogP contribution in [0.4, 0.5) is 4.79 Å². The zero-order valence-electron chi connectivity index (χ0n) is 21.5. The highest BCUT2D eigenvalue weighted by Gasteiger charge is 2.64. The van der Waals surface area contributed by atoms with Crippen molar-refractivity contribution in [3.63, 3.8) is 0 Å². The standard InChI is InChI=1S/C24H38O8SSi/c1-9-29-19-12-11-18(15-17(19)16-31-34(7,8)22(2,3)4)24(33-6,32-21(26)27)23(20(25)28-5)13-10-14-30-23/h11-12,15H,9-10,13-14,16H2,1-8H3,(H,26,27). The molecule has 0 aromatic heterocycles. The smallest absolute Gasteiger partial charge is 0.494 e. The summed E-state index contributed by atoms with van der Waals surface area (Å²) in [6.07, 6.45) is 1.01. The van der Waals surface area contributed by atoms with Crippen molar-refractivity contribution in [2.75, 3.05) is 26.6 Å². The Hall–Kier alpha value is -1.75. The number of carbonyl (C=O) groups is 2. The molecule has 0 saturated carbocycles. The third-order valence-corrected chi connectivity index (χ3v) is 12.4. The first-order valence-corrected chi connectivity index (χ1v) is 15.5. The Labute approximate surface area is 207 Å². The van der Waals surface area contributed by atoms with Crippen LogP contribution in [0.1, 0.15) is 51.7 Å². The topological polar surface area (TPSA) is 101 Å². The summed E-state index contributed by atoms with van der Waals surface area (Å²) in [6.45, 7) is 13.7. The summed E-state index contributed by atoms with van der Waals surface area (Å²) in [5.41, 5.74) is -0.411. The summed E-state index contributed by atoms with van der Waals surface area (Å²) in [5.74, 6) is -0.0386. The molecule has 1 aromatic carbocycles. The molecular formula is C24H38O8SSi. The van der Waals surface area contributed by atoms with E-state index >= 15 is 0 Å². The van der Waals surface area contributed by atoms with Crippen LogP contribution in [-0.2, 0) is 35.0 Å². The van der Waals surface area contributed by atoms with Gasteiger partial charge in [0.15, 0.2) is 8.32 Å². The number of hydrogen-bond acceptors (Lipinski definition) is 8. The second-order valence-electron chi connectivity index (χ2n) is 9.76. The molecular weight excluding hydrogens is 476 g/mol. The number of carbonyl (C=O) groups excluding carboxylic acids is 1. The van der Waals surface area contributed by atoms with E-state index in [0.29, 0.717) is 30.9 Å². The monoisotopic (exact) mass is 514 g/mol. The van der Waals surface area contributed by atoms with E-state index < -0.39 is 31.0 Å². The number of esters is 1. The van der Waals surface area contributed by atoms with E-state index in [1.807, 2.05) is 6.92 Å². The summed E-state index contributed by atoms with van der Waals surface area (Å²) in [6, 6.07) is 5.27. The maximum absolute atomic E-state index is 13.0. The minimum absolute atomic E-state index is 0.0124. The zero-order chi connectivity index (χ0) is 25.8. The quantitative estimate of drug-likeness (QED) is 0.245. The summed E-state index contributed by atoms with van der Waals surface area (Å²) >= 11 is 1.09. The van der Waals surface area contributed by atoms with Crippen LogP contribution in [0, 0.1) is 0 Å². The Kier molecular flexibility index (Phi) is 9.12. The fourth-order valence-corrected chi connectivity index (χ4v) is 5.89. The van der Waals surface area contributed by atoms with Crippen molar-refractivity contribution in [3.8, 4) is 5.75 Å². The van der Waals surface area contributed by atoms with E-state index in [1.54, 1.807) is 24.5 Å². The molecule has 2 unspecified atom stereocenters. The van der Waals surface area contributed by atoms with Crippen LogP contribution < -0.4 is 4.74 Å². The predicted octanol–water partition coefficient (Wildman–Crippen LogP) is 5.54. The average Bonchev–Trinajstić information content (AvgIpc) is 3.27. The number of benzene rings is 1. The van der Waals surface area contributed by atoms with Gasteiger partial charge in [-0.05, 0) is 56.3 Å². The van der Waals surface area contributed by atoms with E-state index in [-0.39, 0.29) is 18.1 Å². The van der Waals surface area contributed by atoms with Crippen molar-refractivity contribution >= 4 is 32.2 Å². The number of rotatable bonds is 10. The lowest BCUT2D eigenvalue weighted by Crippen LogP contribution is -2.57. The van der Waals surface area contributed by atoms with Crippen molar-refractivity contribution in [1.82, 2.24) is 0 Å². The summed E-state index contributed by atoms with van der Waals surface area (Å²) in [4.78, 5) is 23.3. The first kappa shape index (κ1) is 28.5. The number of methoxy groups -OCH3 is 1. The molecule has 1 saturated heterocycles. The Bertz CT molecular complexity index is 876. The number of carboxylic acid groups (broad SMARTS) is 1. The summed E-state index contributed by atoms with van der Waals surface area (Å²) in [5, 5.41) is 9.70. The fraction of sp³-hybridized carbons (Fsp3) is 0.667. The largest absolute Gasteiger partial charge is 0.507 e. The molecule has 8 nitrogen and oxygen atoms in total. The van der Waals surface area contributed by atoms with Crippen molar-refractivity contribution < 1.29 is 38.1 Å². The second-order valence-corrected chi connectivity index (χ2v) is 15.6. The lowest BCUT2D eigenvalue weighted by atomic mass is 9.86. The van der Waals surface area contributed by atoms with Crippen LogP contribution in [0.3, 0.4) is 0 Å². The summed E-state index contributed by atoms with van der Waals surface area (Å²) < 4.78 is 28.8. The minimum atomic E-state index is -2.08. The number of thioether (sulfide) groups is 1. The molecule has 1 aliphatic heterocycles. The molecule has 1 heterocycles. The van der Waals surface area contributed by atoms with Crippen LogP contribution >= 0.6 is 11.8 Å². The zero-order valence-corrected chi connectivity index (χ0v) is 23.3. The highest BCUT2D eigenvalue weighted by Crippen LogP contribution is 2.53. The molecule has 192 valence electrons. The number of ether oxygens (including phenoxy) is 4. The highest BCUT2D eigenvalue weighted by molar-refractivity contribution is 7.99. The SMILES string of the molecule is CCOc1ccc(C(OC(=O)O)(SC)C2(C(=O)OC)CCCO2)cc1CO[Si](C)(C)C(C)(C)C. The molecule has 0 amide bonds. The maximum Gasteiger partial charge on any atom is 0.507 e. The van der Waals surface area contributed by atoms with Gasteiger partial charge in [-0.3, -0.25) is 0 Å². The molecule has 1 N–H and O–H groups in total. The third-order valence-electron chi connectivity index (χ3n) is 6.72. The third kappa shape index (κ3) is 5.40. The van der Waals surface area contributed by atoms with Crippen LogP contribution in [0.25, 0.3) is 0 Å². The van der Waals surface area contributed by atoms with E-state index in [1.165, 1.54) is 7.11 Å². The molecule has 34 heavy (non-hydrogen) atoms. The molecule has 10 heteroatoms. The van der Waals surface area contributed by atoms with Crippen molar-refractivity contribution in [2.24, 2.45) is 0 Å². The van der Waals surface area contributed by atoms with Gasteiger partial charge in [0.25, 0.3) is 0 Å². The average molecular weight is 515 g/mol. The molecule has 0 radical (unpaired) electrons. The van der Waals surface area contributed by atoms with Gasteiger partial charge in [0.2, 0.25) is 10.5 Å². The van der Waals surface area contributed by atoms with Crippen LogP contribution in [0.15, 0.2) is 18.2 Å². The van der Waals surface area contributed by atoms with Crippen LogP contribution in [0.2, 0.25) is 18.1 Å². The van der Waals surface area contributed by atoms with E-state index in [0.717, 1.165) is 17.3 Å². The molecule has 1 aromatic rings. The van der Waals surface area contributed by atoms with Gasteiger partial charge in [0.05, 0.1) is 20.3 Å². The first-order valence-electron chi connectivity index (χ1n) is 11.4. The molecule has 1 fully saturated rings. The maximum atomic E-state index is 13.0. The van der Waals surface area contributed by atoms with Gasteiger partial charge in [-0.15, -0.1) is 11.8 Å². The van der Waals surface area contributed by atoms with Gasteiger partial charge in [0, 0.05) is 17.7 Å². The molecule has 0 aliphatic carbocycles. The van der Waals surface area contributed by atoms with Gasteiger partial charge in [-0.1, -0.05) is 26.8 Å². The Morgan fingerprint density at radius 2 is 1.94 bits per heavy atom. The number of hydrogen-bond donors (Lipinski definition) is 1. The van der Waals surface area contributed by atoms with Crippen LogP contribution in [-0.4, -0.2) is 57.7 Å². The Morgan fingerprint density at radius 3 is 2.41 bits per heavy atom. The van der Waals surface area contributed by atoms with Gasteiger partial charge in [-0.2, -0.15) is 0 Å². The second kappa shape index (κ2) is 10.9. The van der Waals surface area contributed by atoms with E-state index in [4.69, 9.17) is 23.4 Å². The van der Waals surface area contributed by atoms with E-state index in [9.17, 15) is 14.7 Å². The van der Waals surface area contributed by atoms with Crippen LogP contribution in [0.5, 0.6) is 5.75 Å². The normalized spacial score (nSPS) is 20.5. The Morgan fingerprint density at radius 1 is 1.26 bits per heavy atom. The van der Waals surface area contributed by atoms with Gasteiger partial charge < -0.3 is 28.5 Å². The predicted molar refractivity (Wildman–Crippen MR) is 134 cm³/mol. The first-order chi connectivity index (χ1) is 15.8. The minimum Gasteiger partial charge on any atom is -0.494 e. The molecule has 1 aliphatic rings. The lowest BCUT2D eigenvalue weighted by Gasteiger charge is -2.43. The van der Waals surface area contributed by atoms with Crippen molar-refractivity contribution in [2.45, 2.75) is 75.8 Å². The van der Waals surface area contributed by atoms with Gasteiger partial charge in [-0.25, -0.2) is 9.59 Å². The molecule has 0 spiro atoms. The lowest BCUT2D eigenvalue weighted by molar-refractivity contribution is -0.185. The van der Waals surface area contributed by atoms with Gasteiger partial charge in [0.1, 0.15) is 5.75 Å². The molecule has 2 atom stereocenters. The van der Waals surface area contributed by atoms with Crippen molar-refractivity contribution in [3.05, 3.63) is 29.3 Å². The molecule has 2 rings (SSSR count). The fourth-order valence-electron chi connectivity index (χ4n) is 3.85. The van der Waals surface area contributed by atoms with Crippen molar-refractivity contribution in [1.29, 1.82) is 0 Å². The van der Waals surface area contributed by atoms with E-state index in [2.05, 4.69) is 33.9 Å². The highest BCUT2D eigenvalue weighted by atomic mass is 32.2. The molecule has 0 bridgehead atoms.